The predicted molar refractivity (Wildman–Crippen MR) is 97.8 cm³/mol. The van der Waals surface area contributed by atoms with Crippen LogP contribution in [0.4, 0.5) is 10.1 Å². The molecule has 0 spiro atoms. The highest BCUT2D eigenvalue weighted by Crippen LogP contribution is 2.26. The van der Waals surface area contributed by atoms with Crippen molar-refractivity contribution in [2.24, 2.45) is 0 Å². The van der Waals surface area contributed by atoms with Crippen molar-refractivity contribution >= 4 is 11.6 Å². The molecule has 27 heavy (non-hydrogen) atoms. The Bertz CT molecular complexity index is 1040. The van der Waals surface area contributed by atoms with Gasteiger partial charge in [-0.15, -0.1) is 0 Å². The van der Waals surface area contributed by atoms with Crippen LogP contribution in [0.15, 0.2) is 45.7 Å². The second-order valence-corrected chi connectivity index (χ2v) is 6.45. The first-order valence-electron chi connectivity index (χ1n) is 8.45. The molecule has 2 aromatic heterocycles. The number of anilines is 1. The van der Waals surface area contributed by atoms with Crippen LogP contribution < -0.4 is 10.9 Å². The maximum absolute atomic E-state index is 13.7. The Labute approximate surface area is 154 Å². The van der Waals surface area contributed by atoms with Gasteiger partial charge in [0, 0.05) is 17.7 Å². The van der Waals surface area contributed by atoms with Crippen molar-refractivity contribution in [1.82, 2.24) is 14.9 Å². The molecule has 0 fully saturated rings. The number of para-hydroxylation sites is 1. The summed E-state index contributed by atoms with van der Waals surface area (Å²) in [6, 6.07) is 8.91. The van der Waals surface area contributed by atoms with Crippen LogP contribution in [0.25, 0.3) is 11.3 Å². The highest BCUT2D eigenvalue weighted by Gasteiger charge is 2.18. The van der Waals surface area contributed by atoms with Gasteiger partial charge in [0.25, 0.3) is 5.56 Å². The van der Waals surface area contributed by atoms with Crippen LogP contribution in [0, 0.1) is 12.7 Å². The summed E-state index contributed by atoms with van der Waals surface area (Å²) in [5.41, 5.74) is 1.42. The molecule has 0 bridgehead atoms. The summed E-state index contributed by atoms with van der Waals surface area (Å²) >= 11 is 0. The number of aromatic nitrogens is 3. The lowest BCUT2D eigenvalue weighted by molar-refractivity contribution is -0.117. The van der Waals surface area contributed by atoms with E-state index in [0.29, 0.717) is 22.7 Å². The molecule has 3 rings (SSSR count). The summed E-state index contributed by atoms with van der Waals surface area (Å²) in [6.07, 6.45) is 0. The van der Waals surface area contributed by atoms with Crippen LogP contribution in [0.5, 0.6) is 0 Å². The van der Waals surface area contributed by atoms with Gasteiger partial charge in [0.1, 0.15) is 12.4 Å². The van der Waals surface area contributed by atoms with E-state index >= 15 is 0 Å². The van der Waals surface area contributed by atoms with Gasteiger partial charge in [-0.3, -0.25) is 9.59 Å². The maximum atomic E-state index is 13.7. The zero-order chi connectivity index (χ0) is 19.6. The first-order valence-corrected chi connectivity index (χ1v) is 8.45. The molecule has 8 heteroatoms. The Morgan fingerprint density at radius 2 is 2.04 bits per heavy atom. The molecule has 2 heterocycles. The number of halogens is 1. The van der Waals surface area contributed by atoms with E-state index in [1.165, 1.54) is 24.3 Å². The van der Waals surface area contributed by atoms with E-state index in [1.807, 2.05) is 13.8 Å². The first-order chi connectivity index (χ1) is 12.8. The lowest BCUT2D eigenvalue weighted by Gasteiger charge is -2.13. The van der Waals surface area contributed by atoms with Crippen molar-refractivity contribution in [1.29, 1.82) is 0 Å². The second-order valence-electron chi connectivity index (χ2n) is 6.45. The van der Waals surface area contributed by atoms with Crippen molar-refractivity contribution in [2.75, 3.05) is 5.32 Å². The number of aryl methyl sites for hydroxylation is 1. The van der Waals surface area contributed by atoms with Gasteiger partial charge in [-0.1, -0.05) is 31.1 Å². The smallest absolute Gasteiger partial charge is 0.267 e. The van der Waals surface area contributed by atoms with E-state index in [9.17, 15) is 14.0 Å². The molecule has 0 saturated heterocycles. The standard InChI is InChI=1S/C19H19FN4O3/c1-11(2)19-13(16-8-12(3)23-27-16)9-18(26)24(22-19)10-17(25)21-15-7-5-4-6-14(15)20/h4-9,11H,10H2,1-3H3,(H,21,25). The van der Waals surface area contributed by atoms with E-state index in [1.54, 1.807) is 19.1 Å². The van der Waals surface area contributed by atoms with Gasteiger partial charge in [0.15, 0.2) is 5.76 Å². The molecule has 3 aromatic rings. The van der Waals surface area contributed by atoms with E-state index in [4.69, 9.17) is 4.52 Å². The number of nitrogens with one attached hydrogen (secondary N) is 1. The summed E-state index contributed by atoms with van der Waals surface area (Å²) in [6.45, 7) is 5.29. The molecule has 0 saturated carbocycles. The van der Waals surface area contributed by atoms with Crippen LogP contribution >= 0.6 is 0 Å². The third-order valence-corrected chi connectivity index (χ3v) is 3.91. The molecule has 1 aromatic carbocycles. The summed E-state index contributed by atoms with van der Waals surface area (Å²) < 4.78 is 20.0. The average Bonchev–Trinajstić information content (AvgIpc) is 3.04. The largest absolute Gasteiger partial charge is 0.356 e. The number of benzene rings is 1. The molecule has 0 atom stereocenters. The van der Waals surface area contributed by atoms with Crippen LogP contribution in [-0.4, -0.2) is 20.8 Å². The van der Waals surface area contributed by atoms with Gasteiger partial charge < -0.3 is 9.84 Å². The van der Waals surface area contributed by atoms with Gasteiger partial charge in [-0.05, 0) is 25.0 Å². The summed E-state index contributed by atoms with van der Waals surface area (Å²) in [5.74, 6) is -0.673. The number of rotatable bonds is 5. The van der Waals surface area contributed by atoms with E-state index < -0.39 is 17.3 Å². The number of hydrogen-bond acceptors (Lipinski definition) is 5. The topological polar surface area (TPSA) is 90.0 Å². The molecule has 1 amide bonds. The monoisotopic (exact) mass is 370 g/mol. The van der Waals surface area contributed by atoms with Crippen molar-refractivity contribution in [3.63, 3.8) is 0 Å². The summed E-state index contributed by atoms with van der Waals surface area (Å²) in [7, 11) is 0. The fraction of sp³-hybridized carbons (Fsp3) is 0.263. The minimum atomic E-state index is -0.551. The van der Waals surface area contributed by atoms with Gasteiger partial charge in [0.2, 0.25) is 5.91 Å². The highest BCUT2D eigenvalue weighted by atomic mass is 19.1. The zero-order valence-corrected chi connectivity index (χ0v) is 15.2. The number of nitrogens with zero attached hydrogens (tertiary/aromatic N) is 3. The molecular formula is C19H19FN4O3. The van der Waals surface area contributed by atoms with Gasteiger partial charge >= 0.3 is 0 Å². The van der Waals surface area contributed by atoms with E-state index in [2.05, 4.69) is 15.6 Å². The summed E-state index contributed by atoms with van der Waals surface area (Å²) in [4.78, 5) is 24.7. The molecule has 1 N–H and O–H groups in total. The Morgan fingerprint density at radius 1 is 1.30 bits per heavy atom. The van der Waals surface area contributed by atoms with Gasteiger partial charge in [-0.25, -0.2) is 9.07 Å². The number of carbonyl (C=O) groups excluding carboxylic acids is 1. The minimum Gasteiger partial charge on any atom is -0.356 e. The van der Waals surface area contributed by atoms with Crippen molar-refractivity contribution in [3.05, 3.63) is 64.0 Å². The van der Waals surface area contributed by atoms with E-state index in [-0.39, 0.29) is 18.2 Å². The molecular weight excluding hydrogens is 351 g/mol. The van der Waals surface area contributed by atoms with Crippen molar-refractivity contribution in [3.8, 4) is 11.3 Å². The Hall–Kier alpha value is -3.29. The highest BCUT2D eigenvalue weighted by molar-refractivity contribution is 5.90. The SMILES string of the molecule is Cc1cc(-c2cc(=O)n(CC(=O)Nc3ccccc3F)nc2C(C)C)on1. The average molecular weight is 370 g/mol. The van der Waals surface area contributed by atoms with Gasteiger partial charge in [0.05, 0.1) is 17.1 Å². The van der Waals surface area contributed by atoms with Crippen molar-refractivity contribution < 1.29 is 13.7 Å². The van der Waals surface area contributed by atoms with Crippen LogP contribution in [0.2, 0.25) is 0 Å². The molecule has 0 aliphatic carbocycles. The fourth-order valence-corrected chi connectivity index (χ4v) is 2.62. The zero-order valence-electron chi connectivity index (χ0n) is 15.2. The summed E-state index contributed by atoms with van der Waals surface area (Å²) in [5, 5.41) is 10.6. The van der Waals surface area contributed by atoms with E-state index in [0.717, 1.165) is 4.68 Å². The molecule has 0 radical (unpaired) electrons. The van der Waals surface area contributed by atoms with Gasteiger partial charge in [-0.2, -0.15) is 5.10 Å². The molecule has 0 aliphatic heterocycles. The lowest BCUT2D eigenvalue weighted by atomic mass is 10.0. The van der Waals surface area contributed by atoms with Crippen LogP contribution in [-0.2, 0) is 11.3 Å². The number of carbonyl (C=O) groups is 1. The quantitative estimate of drug-likeness (QED) is 0.745. The normalized spacial score (nSPS) is 11.0. The second kappa shape index (κ2) is 7.53. The van der Waals surface area contributed by atoms with Crippen molar-refractivity contribution in [2.45, 2.75) is 33.2 Å². The lowest BCUT2D eigenvalue weighted by Crippen LogP contribution is -2.30. The Morgan fingerprint density at radius 3 is 2.67 bits per heavy atom. The van der Waals surface area contributed by atoms with Crippen LogP contribution in [0.3, 0.4) is 0 Å². The third kappa shape index (κ3) is 4.11. The molecule has 0 unspecified atom stereocenters. The maximum Gasteiger partial charge on any atom is 0.267 e. The molecule has 140 valence electrons. The number of hydrogen-bond donors (Lipinski definition) is 1. The Balaban J connectivity index is 1.90. The fourth-order valence-electron chi connectivity index (χ4n) is 2.62. The van der Waals surface area contributed by atoms with Crippen LogP contribution in [0.1, 0.15) is 31.2 Å². The predicted octanol–water partition coefficient (Wildman–Crippen LogP) is 3.11. The number of amides is 1. The molecule has 7 nitrogen and oxygen atoms in total. The first kappa shape index (κ1) is 18.5. The minimum absolute atomic E-state index is 0.0214. The molecule has 0 aliphatic rings. The third-order valence-electron chi connectivity index (χ3n) is 3.91. The Kier molecular flexibility index (Phi) is 5.16.